The minimum atomic E-state index is -3.83. The van der Waals surface area contributed by atoms with Crippen molar-refractivity contribution in [3.05, 3.63) is 72.5 Å². The summed E-state index contributed by atoms with van der Waals surface area (Å²) in [5.41, 5.74) is 1.83. The Morgan fingerprint density at radius 1 is 1.11 bits per heavy atom. The standard InChI is InChI=1S/C25H22FN3O4S2/c26-17-7-10-19(11-8-17)35(32,33)29-13-3-4-16(15-29)24(31)27-18-9-12-20(22(30)14-18)25-28-21-5-1-2-6-23(21)34-25/h1-2,5-12,14,16,30H,3-4,13,15H2,(H,27,31). The van der Waals surface area contributed by atoms with Crippen molar-refractivity contribution in [3.63, 3.8) is 0 Å². The SMILES string of the molecule is O=C(Nc1ccc(-c2nc3ccccc3s2)c(O)c1)C1CCCN(S(=O)(=O)c2ccc(F)cc2)C1. The lowest BCUT2D eigenvalue weighted by molar-refractivity contribution is -0.120. The topological polar surface area (TPSA) is 99.6 Å². The number of carbonyl (C=O) groups excluding carboxylic acids is 1. The van der Waals surface area contributed by atoms with Crippen LogP contribution in [0.25, 0.3) is 20.8 Å². The van der Waals surface area contributed by atoms with Gasteiger partial charge in [-0.3, -0.25) is 4.79 Å². The maximum absolute atomic E-state index is 13.2. The molecule has 0 saturated carbocycles. The van der Waals surface area contributed by atoms with Gasteiger partial charge in [0, 0.05) is 24.8 Å². The minimum absolute atomic E-state index is 0.00434. The molecular formula is C25H22FN3O4S2. The highest BCUT2D eigenvalue weighted by molar-refractivity contribution is 7.89. The van der Waals surface area contributed by atoms with E-state index < -0.39 is 21.8 Å². The lowest BCUT2D eigenvalue weighted by Crippen LogP contribution is -2.43. The zero-order chi connectivity index (χ0) is 24.6. The fourth-order valence-electron chi connectivity index (χ4n) is 4.15. The number of phenols is 1. The molecule has 1 fully saturated rings. The molecule has 35 heavy (non-hydrogen) atoms. The quantitative estimate of drug-likeness (QED) is 0.399. The van der Waals surface area contributed by atoms with Gasteiger partial charge in [0.2, 0.25) is 15.9 Å². The number of hydrogen-bond donors (Lipinski definition) is 2. The number of rotatable bonds is 5. The van der Waals surface area contributed by atoms with Gasteiger partial charge >= 0.3 is 0 Å². The molecular weight excluding hydrogens is 489 g/mol. The Balaban J connectivity index is 1.29. The van der Waals surface area contributed by atoms with Gasteiger partial charge in [-0.25, -0.2) is 17.8 Å². The largest absolute Gasteiger partial charge is 0.507 e. The Labute approximate surface area is 205 Å². The number of nitrogens with one attached hydrogen (secondary N) is 1. The van der Waals surface area contributed by atoms with Crippen LogP contribution in [0.4, 0.5) is 10.1 Å². The van der Waals surface area contributed by atoms with Gasteiger partial charge in [-0.2, -0.15) is 4.31 Å². The van der Waals surface area contributed by atoms with E-state index in [2.05, 4.69) is 10.3 Å². The number of aromatic hydroxyl groups is 1. The first-order valence-electron chi connectivity index (χ1n) is 11.1. The number of para-hydroxylation sites is 1. The van der Waals surface area contributed by atoms with Crippen LogP contribution in [0.3, 0.4) is 0 Å². The van der Waals surface area contributed by atoms with Crippen molar-refractivity contribution in [2.75, 3.05) is 18.4 Å². The number of hydrogen-bond acceptors (Lipinski definition) is 6. The number of fused-ring (bicyclic) bond motifs is 1. The monoisotopic (exact) mass is 511 g/mol. The maximum atomic E-state index is 13.2. The minimum Gasteiger partial charge on any atom is -0.507 e. The molecule has 2 heterocycles. The summed E-state index contributed by atoms with van der Waals surface area (Å²) in [5, 5.41) is 14.1. The van der Waals surface area contributed by atoms with Crippen LogP contribution < -0.4 is 5.32 Å². The Morgan fingerprint density at radius 2 is 1.89 bits per heavy atom. The molecule has 1 unspecified atom stereocenters. The summed E-state index contributed by atoms with van der Waals surface area (Å²) in [6.45, 7) is 0.322. The third-order valence-electron chi connectivity index (χ3n) is 6.00. The number of benzene rings is 3. The van der Waals surface area contributed by atoms with Crippen LogP contribution in [0.2, 0.25) is 0 Å². The Morgan fingerprint density at radius 3 is 2.63 bits per heavy atom. The van der Waals surface area contributed by atoms with Crippen molar-refractivity contribution in [2.24, 2.45) is 5.92 Å². The molecule has 0 spiro atoms. The number of carbonyl (C=O) groups is 1. The Hall–Kier alpha value is -3.34. The second kappa shape index (κ2) is 9.37. The van der Waals surface area contributed by atoms with Crippen molar-refractivity contribution >= 4 is 43.2 Å². The number of anilines is 1. The first-order chi connectivity index (χ1) is 16.8. The Bertz CT molecular complexity index is 1470. The average molecular weight is 512 g/mol. The number of halogens is 1. The van der Waals surface area contributed by atoms with Gasteiger partial charge in [0.15, 0.2) is 0 Å². The molecule has 2 N–H and O–H groups in total. The summed E-state index contributed by atoms with van der Waals surface area (Å²) < 4.78 is 41.4. The van der Waals surface area contributed by atoms with Crippen molar-refractivity contribution in [1.29, 1.82) is 0 Å². The van der Waals surface area contributed by atoms with Crippen LogP contribution >= 0.6 is 11.3 Å². The first-order valence-corrected chi connectivity index (χ1v) is 13.3. The van der Waals surface area contributed by atoms with Gasteiger partial charge in [-0.15, -0.1) is 11.3 Å². The average Bonchev–Trinajstić information content (AvgIpc) is 3.28. The summed E-state index contributed by atoms with van der Waals surface area (Å²) in [4.78, 5) is 17.5. The number of aromatic nitrogens is 1. The number of nitrogens with zero attached hydrogens (tertiary/aromatic N) is 2. The highest BCUT2D eigenvalue weighted by atomic mass is 32.2. The molecule has 1 atom stereocenters. The molecule has 1 aromatic heterocycles. The predicted molar refractivity (Wildman–Crippen MR) is 133 cm³/mol. The highest BCUT2D eigenvalue weighted by Crippen LogP contribution is 2.36. The van der Waals surface area contributed by atoms with E-state index in [1.807, 2.05) is 24.3 Å². The van der Waals surface area contributed by atoms with Gasteiger partial charge in [0.25, 0.3) is 0 Å². The van der Waals surface area contributed by atoms with Crippen LogP contribution in [0.15, 0.2) is 71.6 Å². The van der Waals surface area contributed by atoms with Gasteiger partial charge < -0.3 is 10.4 Å². The zero-order valence-corrected chi connectivity index (χ0v) is 20.2. The van der Waals surface area contributed by atoms with E-state index in [0.29, 0.717) is 35.6 Å². The van der Waals surface area contributed by atoms with Crippen LogP contribution in [0.1, 0.15) is 12.8 Å². The second-order valence-corrected chi connectivity index (χ2v) is 11.3. The summed E-state index contributed by atoms with van der Waals surface area (Å²) in [7, 11) is -3.83. The van der Waals surface area contributed by atoms with Gasteiger partial charge in [0.05, 0.1) is 26.6 Å². The third kappa shape index (κ3) is 4.77. The molecule has 4 aromatic rings. The fourth-order valence-corrected chi connectivity index (χ4v) is 6.68. The molecule has 1 amide bonds. The summed E-state index contributed by atoms with van der Waals surface area (Å²) in [6.07, 6.45) is 1.07. The number of thiazole rings is 1. The van der Waals surface area contributed by atoms with Crippen LogP contribution in [0.5, 0.6) is 5.75 Å². The summed E-state index contributed by atoms with van der Waals surface area (Å²) in [6, 6.07) is 17.2. The van der Waals surface area contributed by atoms with Crippen LogP contribution in [-0.2, 0) is 14.8 Å². The van der Waals surface area contributed by atoms with Crippen molar-refractivity contribution < 1.29 is 22.7 Å². The third-order valence-corrected chi connectivity index (χ3v) is 8.94. The van der Waals surface area contributed by atoms with E-state index in [1.54, 1.807) is 12.1 Å². The van der Waals surface area contributed by atoms with E-state index in [9.17, 15) is 22.7 Å². The van der Waals surface area contributed by atoms with E-state index in [0.717, 1.165) is 22.3 Å². The molecule has 5 rings (SSSR count). The van der Waals surface area contributed by atoms with E-state index in [4.69, 9.17) is 0 Å². The van der Waals surface area contributed by atoms with Crippen molar-refractivity contribution in [1.82, 2.24) is 9.29 Å². The van der Waals surface area contributed by atoms with Crippen molar-refractivity contribution in [3.8, 4) is 16.3 Å². The van der Waals surface area contributed by atoms with Gasteiger partial charge in [-0.1, -0.05) is 12.1 Å². The lowest BCUT2D eigenvalue weighted by atomic mass is 9.98. The molecule has 1 saturated heterocycles. The number of phenolic OH excluding ortho intramolecular Hbond substituents is 1. The molecule has 0 bridgehead atoms. The molecule has 0 aliphatic carbocycles. The fraction of sp³-hybridized carbons (Fsp3) is 0.200. The van der Waals surface area contributed by atoms with E-state index >= 15 is 0 Å². The summed E-state index contributed by atoms with van der Waals surface area (Å²) >= 11 is 1.47. The molecule has 180 valence electrons. The van der Waals surface area contributed by atoms with Gasteiger partial charge in [-0.05, 0) is 61.4 Å². The zero-order valence-electron chi connectivity index (χ0n) is 18.5. The number of piperidine rings is 1. The molecule has 3 aromatic carbocycles. The molecule has 1 aliphatic heterocycles. The lowest BCUT2D eigenvalue weighted by Gasteiger charge is -2.31. The van der Waals surface area contributed by atoms with Crippen molar-refractivity contribution in [2.45, 2.75) is 17.7 Å². The maximum Gasteiger partial charge on any atom is 0.243 e. The molecule has 1 aliphatic rings. The highest BCUT2D eigenvalue weighted by Gasteiger charge is 2.33. The predicted octanol–water partition coefficient (Wildman–Crippen LogP) is 4.85. The smallest absolute Gasteiger partial charge is 0.243 e. The van der Waals surface area contributed by atoms with Crippen LogP contribution in [0, 0.1) is 11.7 Å². The van der Waals surface area contributed by atoms with Gasteiger partial charge in [0.1, 0.15) is 16.6 Å². The number of sulfonamides is 1. The normalized spacial score (nSPS) is 16.9. The van der Waals surface area contributed by atoms with E-state index in [-0.39, 0.29) is 23.1 Å². The second-order valence-electron chi connectivity index (χ2n) is 8.36. The Kier molecular flexibility index (Phi) is 6.26. The number of amides is 1. The molecule has 7 nitrogen and oxygen atoms in total. The first kappa shape index (κ1) is 23.4. The molecule has 0 radical (unpaired) electrons. The van der Waals surface area contributed by atoms with E-state index in [1.165, 1.54) is 33.8 Å². The summed E-state index contributed by atoms with van der Waals surface area (Å²) in [5.74, 6) is -1.40. The molecule has 10 heteroatoms. The van der Waals surface area contributed by atoms with Crippen LogP contribution in [-0.4, -0.2) is 41.8 Å².